The molecule has 4 rings (SSSR count). The Morgan fingerprint density at radius 1 is 1.00 bits per heavy atom. The van der Waals surface area contributed by atoms with E-state index in [2.05, 4.69) is 10.6 Å². The minimum absolute atomic E-state index is 0.106. The lowest BCUT2D eigenvalue weighted by Gasteiger charge is -2.12. The van der Waals surface area contributed by atoms with Gasteiger partial charge in [0.15, 0.2) is 0 Å². The number of aryl methyl sites for hydroxylation is 3. The van der Waals surface area contributed by atoms with Crippen LogP contribution < -0.4 is 10.6 Å². The molecule has 0 aliphatic heterocycles. The summed E-state index contributed by atoms with van der Waals surface area (Å²) in [5, 5.41) is 6.37. The van der Waals surface area contributed by atoms with E-state index in [1.807, 2.05) is 60.9 Å². The molecule has 1 aromatic heterocycles. The highest BCUT2D eigenvalue weighted by molar-refractivity contribution is 6.33. The van der Waals surface area contributed by atoms with Crippen LogP contribution in [0.2, 0.25) is 5.02 Å². The van der Waals surface area contributed by atoms with Gasteiger partial charge in [0.1, 0.15) is 12.4 Å². The Kier molecular flexibility index (Phi) is 7.28. The maximum atomic E-state index is 12.9. The van der Waals surface area contributed by atoms with E-state index in [9.17, 15) is 9.59 Å². The van der Waals surface area contributed by atoms with Gasteiger partial charge in [-0.15, -0.1) is 0 Å². The third-order valence-corrected chi connectivity index (χ3v) is 6.01. The molecule has 3 aromatic carbocycles. The van der Waals surface area contributed by atoms with E-state index in [1.165, 1.54) is 0 Å². The molecular formula is C27H27ClN4O2. The summed E-state index contributed by atoms with van der Waals surface area (Å²) < 4.78 is 1.95. The van der Waals surface area contributed by atoms with Crippen molar-refractivity contribution in [1.29, 1.82) is 0 Å². The molecule has 2 amide bonds. The Balaban J connectivity index is 1.44. The van der Waals surface area contributed by atoms with Crippen molar-refractivity contribution in [2.75, 3.05) is 11.9 Å². The van der Waals surface area contributed by atoms with Gasteiger partial charge in [0.2, 0.25) is 5.91 Å². The average Bonchev–Trinajstić information content (AvgIpc) is 3.16. The number of hydrogen-bond acceptors (Lipinski definition) is 3. The molecule has 6 nitrogen and oxygen atoms in total. The zero-order valence-corrected chi connectivity index (χ0v) is 20.0. The van der Waals surface area contributed by atoms with Gasteiger partial charge in [-0.3, -0.25) is 9.59 Å². The molecule has 0 aliphatic carbocycles. The van der Waals surface area contributed by atoms with Crippen LogP contribution >= 0.6 is 11.6 Å². The van der Waals surface area contributed by atoms with E-state index in [0.29, 0.717) is 30.0 Å². The lowest BCUT2D eigenvalue weighted by atomic mass is 10.1. The summed E-state index contributed by atoms with van der Waals surface area (Å²) in [5.74, 6) is 0.501. The molecule has 34 heavy (non-hydrogen) atoms. The number of imidazole rings is 1. The van der Waals surface area contributed by atoms with Crippen LogP contribution in [0.25, 0.3) is 11.0 Å². The Labute approximate surface area is 204 Å². The summed E-state index contributed by atoms with van der Waals surface area (Å²) in [7, 11) is 0. The number of fused-ring (bicyclic) bond motifs is 1. The highest BCUT2D eigenvalue weighted by atomic mass is 35.5. The van der Waals surface area contributed by atoms with Crippen LogP contribution in [-0.4, -0.2) is 27.9 Å². The first-order chi connectivity index (χ1) is 16.4. The Morgan fingerprint density at radius 3 is 2.59 bits per heavy atom. The third-order valence-electron chi connectivity index (χ3n) is 5.68. The van der Waals surface area contributed by atoms with Crippen molar-refractivity contribution in [1.82, 2.24) is 14.9 Å². The number of anilines is 1. The lowest BCUT2D eigenvalue weighted by Crippen LogP contribution is -2.25. The van der Waals surface area contributed by atoms with Gasteiger partial charge in [0, 0.05) is 18.7 Å². The predicted molar refractivity (Wildman–Crippen MR) is 136 cm³/mol. The van der Waals surface area contributed by atoms with E-state index < -0.39 is 0 Å². The van der Waals surface area contributed by atoms with E-state index in [4.69, 9.17) is 16.6 Å². The van der Waals surface area contributed by atoms with Crippen LogP contribution in [-0.2, 0) is 17.8 Å². The maximum Gasteiger partial charge on any atom is 0.252 e. The highest BCUT2D eigenvalue weighted by Gasteiger charge is 2.15. The molecule has 0 radical (unpaired) electrons. The predicted octanol–water partition coefficient (Wildman–Crippen LogP) is 5.31. The van der Waals surface area contributed by atoms with E-state index in [0.717, 1.165) is 33.7 Å². The summed E-state index contributed by atoms with van der Waals surface area (Å²) in [6.07, 6.45) is 1.30. The van der Waals surface area contributed by atoms with Crippen LogP contribution in [0.3, 0.4) is 0 Å². The summed E-state index contributed by atoms with van der Waals surface area (Å²) in [6.45, 7) is 4.61. The van der Waals surface area contributed by atoms with Crippen molar-refractivity contribution in [3.05, 3.63) is 94.3 Å². The van der Waals surface area contributed by atoms with Crippen molar-refractivity contribution in [3.63, 3.8) is 0 Å². The van der Waals surface area contributed by atoms with Gasteiger partial charge in [-0.05, 0) is 61.7 Å². The molecule has 4 aromatic rings. The van der Waals surface area contributed by atoms with Gasteiger partial charge in [0.25, 0.3) is 5.91 Å². The molecule has 0 saturated heterocycles. The molecule has 0 saturated carbocycles. The second kappa shape index (κ2) is 10.5. The molecule has 1 heterocycles. The van der Waals surface area contributed by atoms with E-state index in [-0.39, 0.29) is 18.4 Å². The standard InChI is InChI=1S/C27H27ClN4O2/c1-18-13-14-19(2)23(16-18)31-26(33)17-32-24-11-6-5-10-22(24)30-25(32)12-7-15-29-27(34)20-8-3-4-9-21(20)28/h3-6,8-11,13-14,16H,7,12,15,17H2,1-2H3,(H,29,34)(H,31,33). The first kappa shape index (κ1) is 23.5. The first-order valence-corrected chi connectivity index (χ1v) is 11.6. The topological polar surface area (TPSA) is 76.0 Å². The zero-order valence-electron chi connectivity index (χ0n) is 19.3. The number of para-hydroxylation sites is 2. The van der Waals surface area contributed by atoms with Gasteiger partial charge in [-0.25, -0.2) is 4.98 Å². The van der Waals surface area contributed by atoms with Crippen molar-refractivity contribution < 1.29 is 9.59 Å². The molecule has 0 unspecified atom stereocenters. The number of rotatable bonds is 8. The molecular weight excluding hydrogens is 448 g/mol. The lowest BCUT2D eigenvalue weighted by molar-refractivity contribution is -0.116. The number of hydrogen-bond donors (Lipinski definition) is 2. The van der Waals surface area contributed by atoms with Gasteiger partial charge in [0.05, 0.1) is 21.6 Å². The smallest absolute Gasteiger partial charge is 0.252 e. The van der Waals surface area contributed by atoms with Crippen molar-refractivity contribution in [3.8, 4) is 0 Å². The zero-order chi connectivity index (χ0) is 24.1. The number of benzene rings is 3. The molecule has 2 N–H and O–H groups in total. The van der Waals surface area contributed by atoms with Crippen molar-refractivity contribution in [2.24, 2.45) is 0 Å². The molecule has 0 atom stereocenters. The molecule has 0 spiro atoms. The molecule has 0 fully saturated rings. The number of nitrogens with one attached hydrogen (secondary N) is 2. The van der Waals surface area contributed by atoms with Crippen LogP contribution in [0, 0.1) is 13.8 Å². The number of carbonyl (C=O) groups is 2. The fraction of sp³-hybridized carbons (Fsp3) is 0.222. The second-order valence-electron chi connectivity index (χ2n) is 8.31. The van der Waals surface area contributed by atoms with Crippen LogP contribution in [0.4, 0.5) is 5.69 Å². The second-order valence-corrected chi connectivity index (χ2v) is 8.72. The van der Waals surface area contributed by atoms with Crippen LogP contribution in [0.1, 0.15) is 33.7 Å². The maximum absolute atomic E-state index is 12.9. The minimum atomic E-state index is -0.202. The Morgan fingerprint density at radius 2 is 1.76 bits per heavy atom. The number of halogens is 1. The molecule has 7 heteroatoms. The summed E-state index contributed by atoms with van der Waals surface area (Å²) in [6, 6.07) is 20.8. The van der Waals surface area contributed by atoms with Gasteiger partial charge < -0.3 is 15.2 Å². The fourth-order valence-corrected chi connectivity index (χ4v) is 4.11. The van der Waals surface area contributed by atoms with Crippen LogP contribution in [0.5, 0.6) is 0 Å². The monoisotopic (exact) mass is 474 g/mol. The normalized spacial score (nSPS) is 10.9. The Bertz CT molecular complexity index is 1350. The van der Waals surface area contributed by atoms with Crippen molar-refractivity contribution in [2.45, 2.75) is 33.2 Å². The fourth-order valence-electron chi connectivity index (χ4n) is 3.89. The highest BCUT2D eigenvalue weighted by Crippen LogP contribution is 2.20. The van der Waals surface area contributed by atoms with Gasteiger partial charge >= 0.3 is 0 Å². The number of aromatic nitrogens is 2. The van der Waals surface area contributed by atoms with Crippen molar-refractivity contribution >= 4 is 40.1 Å². The number of amides is 2. The summed E-state index contributed by atoms with van der Waals surface area (Å²) >= 11 is 6.11. The summed E-state index contributed by atoms with van der Waals surface area (Å²) in [4.78, 5) is 30.0. The molecule has 0 aliphatic rings. The summed E-state index contributed by atoms with van der Waals surface area (Å²) in [5.41, 5.74) is 5.14. The SMILES string of the molecule is Cc1ccc(C)c(NC(=O)Cn2c(CCCNC(=O)c3ccccc3Cl)nc3ccccc32)c1. The van der Waals surface area contributed by atoms with Gasteiger partial charge in [-0.1, -0.05) is 48.0 Å². The Hall–Kier alpha value is -3.64. The first-order valence-electron chi connectivity index (χ1n) is 11.3. The molecule has 0 bridgehead atoms. The number of carbonyl (C=O) groups excluding carboxylic acids is 2. The van der Waals surface area contributed by atoms with Gasteiger partial charge in [-0.2, -0.15) is 0 Å². The number of nitrogens with zero attached hydrogens (tertiary/aromatic N) is 2. The van der Waals surface area contributed by atoms with E-state index in [1.54, 1.807) is 24.3 Å². The average molecular weight is 475 g/mol. The third kappa shape index (κ3) is 5.46. The van der Waals surface area contributed by atoms with E-state index >= 15 is 0 Å². The minimum Gasteiger partial charge on any atom is -0.352 e. The molecule has 174 valence electrons. The van der Waals surface area contributed by atoms with Crippen LogP contribution in [0.15, 0.2) is 66.7 Å². The quantitative estimate of drug-likeness (QED) is 0.340. The largest absolute Gasteiger partial charge is 0.352 e.